The average molecular weight is 405 g/mol. The van der Waals surface area contributed by atoms with Gasteiger partial charge in [-0.1, -0.05) is 51.3 Å². The lowest BCUT2D eigenvalue weighted by molar-refractivity contribution is 0.401. The second-order valence-corrected chi connectivity index (χ2v) is 7.45. The van der Waals surface area contributed by atoms with Crippen LogP contribution < -0.4 is 0 Å². The first-order valence-electron chi connectivity index (χ1n) is 8.41. The summed E-state index contributed by atoms with van der Waals surface area (Å²) in [6, 6.07) is 15.7. The van der Waals surface area contributed by atoms with E-state index in [4.69, 9.17) is 0 Å². The van der Waals surface area contributed by atoms with Crippen molar-refractivity contribution in [3.8, 4) is 0 Å². The third-order valence-electron chi connectivity index (χ3n) is 4.72. The summed E-state index contributed by atoms with van der Waals surface area (Å²) in [6.45, 7) is 5.76. The number of aromatic nitrogens is 1. The molecule has 0 saturated carbocycles. The highest BCUT2D eigenvalue weighted by Crippen LogP contribution is 2.31. The SMILES string of the molecule is CCCCC(CC)Cn1c2ccccc2c2cc(I)ccc21. The van der Waals surface area contributed by atoms with E-state index in [9.17, 15) is 0 Å². The first-order chi connectivity index (χ1) is 10.7. The molecule has 0 bridgehead atoms. The highest BCUT2D eigenvalue weighted by atomic mass is 127. The molecule has 1 heterocycles. The normalized spacial score (nSPS) is 13.0. The van der Waals surface area contributed by atoms with Gasteiger partial charge in [-0.15, -0.1) is 0 Å². The molecule has 0 radical (unpaired) electrons. The van der Waals surface area contributed by atoms with Crippen LogP contribution in [0.15, 0.2) is 42.5 Å². The largest absolute Gasteiger partial charge is 0.340 e. The van der Waals surface area contributed by atoms with E-state index in [2.05, 4.69) is 83.5 Å². The number of benzene rings is 2. The van der Waals surface area contributed by atoms with E-state index in [-0.39, 0.29) is 0 Å². The fourth-order valence-electron chi connectivity index (χ4n) is 3.40. The lowest BCUT2D eigenvalue weighted by atomic mass is 9.99. The van der Waals surface area contributed by atoms with E-state index in [1.54, 1.807) is 0 Å². The van der Waals surface area contributed by atoms with Gasteiger partial charge in [0.05, 0.1) is 0 Å². The van der Waals surface area contributed by atoms with Gasteiger partial charge in [-0.2, -0.15) is 0 Å². The lowest BCUT2D eigenvalue weighted by Crippen LogP contribution is -2.10. The van der Waals surface area contributed by atoms with Gasteiger partial charge in [0, 0.05) is 31.9 Å². The average Bonchev–Trinajstić information content (AvgIpc) is 2.85. The molecular weight excluding hydrogens is 381 g/mol. The van der Waals surface area contributed by atoms with Crippen LogP contribution in [0, 0.1) is 9.49 Å². The van der Waals surface area contributed by atoms with E-state index in [0.717, 1.165) is 12.5 Å². The van der Waals surface area contributed by atoms with Crippen molar-refractivity contribution >= 4 is 44.4 Å². The summed E-state index contributed by atoms with van der Waals surface area (Å²) in [5, 5.41) is 2.79. The number of hydrogen-bond acceptors (Lipinski definition) is 0. The van der Waals surface area contributed by atoms with Gasteiger partial charge < -0.3 is 4.57 Å². The van der Waals surface area contributed by atoms with Crippen molar-refractivity contribution in [1.82, 2.24) is 4.57 Å². The second-order valence-electron chi connectivity index (χ2n) is 6.21. The Morgan fingerprint density at radius 2 is 1.77 bits per heavy atom. The molecule has 3 rings (SSSR count). The number of halogens is 1. The minimum absolute atomic E-state index is 0.776. The predicted octanol–water partition coefficient (Wildman–Crippen LogP) is 6.62. The number of unbranched alkanes of at least 4 members (excludes halogenated alkanes) is 1. The van der Waals surface area contributed by atoms with E-state index in [1.807, 2.05) is 0 Å². The molecule has 1 atom stereocenters. The van der Waals surface area contributed by atoms with Crippen LogP contribution in [0.1, 0.15) is 39.5 Å². The van der Waals surface area contributed by atoms with Crippen LogP contribution >= 0.6 is 22.6 Å². The smallest absolute Gasteiger partial charge is 0.0492 e. The maximum atomic E-state index is 2.55. The molecular formula is C20H24IN. The summed E-state index contributed by atoms with van der Waals surface area (Å²) < 4.78 is 3.86. The van der Waals surface area contributed by atoms with Crippen molar-refractivity contribution in [3.05, 3.63) is 46.0 Å². The Hall–Kier alpha value is -1.03. The number of nitrogens with zero attached hydrogens (tertiary/aromatic N) is 1. The van der Waals surface area contributed by atoms with Gasteiger partial charge in [-0.3, -0.25) is 0 Å². The van der Waals surface area contributed by atoms with E-state index >= 15 is 0 Å². The maximum Gasteiger partial charge on any atom is 0.0492 e. The number of fused-ring (bicyclic) bond motifs is 3. The van der Waals surface area contributed by atoms with Crippen molar-refractivity contribution in [1.29, 1.82) is 0 Å². The fourth-order valence-corrected chi connectivity index (χ4v) is 3.89. The van der Waals surface area contributed by atoms with Gasteiger partial charge in [-0.05, 0) is 59.2 Å². The monoisotopic (exact) mass is 405 g/mol. The summed E-state index contributed by atoms with van der Waals surface area (Å²) in [7, 11) is 0. The Morgan fingerprint density at radius 1 is 1.00 bits per heavy atom. The molecule has 2 aromatic carbocycles. The summed E-state index contributed by atoms with van der Waals surface area (Å²) in [6.07, 6.45) is 5.24. The summed E-state index contributed by atoms with van der Waals surface area (Å²) >= 11 is 2.41. The van der Waals surface area contributed by atoms with Crippen molar-refractivity contribution in [2.45, 2.75) is 46.1 Å². The van der Waals surface area contributed by atoms with Crippen LogP contribution in [0.2, 0.25) is 0 Å². The Kier molecular flexibility index (Phi) is 5.07. The van der Waals surface area contributed by atoms with Gasteiger partial charge >= 0.3 is 0 Å². The van der Waals surface area contributed by atoms with Crippen molar-refractivity contribution in [2.24, 2.45) is 5.92 Å². The number of para-hydroxylation sites is 1. The van der Waals surface area contributed by atoms with Gasteiger partial charge in [0.15, 0.2) is 0 Å². The Labute approximate surface area is 146 Å². The zero-order chi connectivity index (χ0) is 15.5. The molecule has 3 aromatic rings. The van der Waals surface area contributed by atoms with Crippen molar-refractivity contribution in [3.63, 3.8) is 0 Å². The van der Waals surface area contributed by atoms with E-state index in [1.165, 1.54) is 51.1 Å². The summed E-state index contributed by atoms with van der Waals surface area (Å²) in [5.74, 6) is 0.776. The topological polar surface area (TPSA) is 4.93 Å². The molecule has 0 aliphatic carbocycles. The molecule has 0 saturated heterocycles. The molecule has 1 nitrogen and oxygen atoms in total. The standard InChI is InChI=1S/C20H24IN/c1-3-5-8-15(4-2)14-22-19-10-7-6-9-17(19)18-13-16(21)11-12-20(18)22/h6-7,9-13,15H,3-5,8,14H2,1-2H3. The fraction of sp³-hybridized carbons (Fsp3) is 0.400. The number of rotatable bonds is 6. The highest BCUT2D eigenvalue weighted by molar-refractivity contribution is 14.1. The van der Waals surface area contributed by atoms with E-state index < -0.39 is 0 Å². The van der Waals surface area contributed by atoms with Crippen LogP contribution in [0.4, 0.5) is 0 Å². The molecule has 0 aliphatic heterocycles. The van der Waals surface area contributed by atoms with Crippen LogP contribution in [0.3, 0.4) is 0 Å². The predicted molar refractivity (Wildman–Crippen MR) is 105 cm³/mol. The van der Waals surface area contributed by atoms with Crippen LogP contribution in [0.25, 0.3) is 21.8 Å². The van der Waals surface area contributed by atoms with Gasteiger partial charge in [0.2, 0.25) is 0 Å². The Morgan fingerprint density at radius 3 is 2.55 bits per heavy atom. The van der Waals surface area contributed by atoms with Crippen LogP contribution in [0.5, 0.6) is 0 Å². The quantitative estimate of drug-likeness (QED) is 0.407. The lowest BCUT2D eigenvalue weighted by Gasteiger charge is -2.17. The molecule has 1 unspecified atom stereocenters. The molecule has 0 amide bonds. The minimum atomic E-state index is 0.776. The Bertz CT molecular complexity index is 772. The van der Waals surface area contributed by atoms with Crippen molar-refractivity contribution in [2.75, 3.05) is 0 Å². The van der Waals surface area contributed by atoms with Gasteiger partial charge in [0.25, 0.3) is 0 Å². The molecule has 1 aromatic heterocycles. The Balaban J connectivity index is 2.10. The first kappa shape index (κ1) is 15.9. The molecule has 116 valence electrons. The minimum Gasteiger partial charge on any atom is -0.340 e. The van der Waals surface area contributed by atoms with Gasteiger partial charge in [-0.25, -0.2) is 0 Å². The van der Waals surface area contributed by atoms with Crippen LogP contribution in [-0.2, 0) is 6.54 Å². The molecule has 0 fully saturated rings. The molecule has 22 heavy (non-hydrogen) atoms. The highest BCUT2D eigenvalue weighted by Gasteiger charge is 2.14. The molecule has 0 spiro atoms. The zero-order valence-electron chi connectivity index (χ0n) is 13.5. The molecule has 2 heteroatoms. The summed E-state index contributed by atoms with van der Waals surface area (Å²) in [5.41, 5.74) is 2.77. The van der Waals surface area contributed by atoms with Crippen LogP contribution in [-0.4, -0.2) is 4.57 Å². The van der Waals surface area contributed by atoms with Crippen molar-refractivity contribution < 1.29 is 0 Å². The molecule has 0 aliphatic rings. The van der Waals surface area contributed by atoms with E-state index in [0.29, 0.717) is 0 Å². The second kappa shape index (κ2) is 7.03. The van der Waals surface area contributed by atoms with Gasteiger partial charge in [0.1, 0.15) is 0 Å². The molecule has 0 N–H and O–H groups in total. The summed E-state index contributed by atoms with van der Waals surface area (Å²) in [4.78, 5) is 0. The third kappa shape index (κ3) is 3.03. The zero-order valence-corrected chi connectivity index (χ0v) is 15.6. The maximum absolute atomic E-state index is 2.55. The first-order valence-corrected chi connectivity index (χ1v) is 9.49. The number of hydrogen-bond donors (Lipinski definition) is 0. The third-order valence-corrected chi connectivity index (χ3v) is 5.39.